The maximum Gasteiger partial charge on any atom is 0.323 e. The van der Waals surface area contributed by atoms with Crippen LogP contribution in [0.3, 0.4) is 0 Å². The lowest BCUT2D eigenvalue weighted by atomic mass is 10.3. The summed E-state index contributed by atoms with van der Waals surface area (Å²) in [4.78, 5) is 10.2. The zero-order valence-electron chi connectivity index (χ0n) is 6.82. The van der Waals surface area contributed by atoms with Crippen LogP contribution in [-0.4, -0.2) is 9.49 Å². The minimum absolute atomic E-state index is 0.122. The van der Waals surface area contributed by atoms with Gasteiger partial charge in [-0.05, 0) is 17.9 Å². The van der Waals surface area contributed by atoms with Crippen LogP contribution in [0.2, 0.25) is 0 Å². The fourth-order valence-electron chi connectivity index (χ4n) is 1.10. The Morgan fingerprint density at radius 2 is 2.25 bits per heavy atom. The first-order valence-electron chi connectivity index (χ1n) is 3.48. The van der Waals surface area contributed by atoms with Crippen LogP contribution < -0.4 is 0 Å². The van der Waals surface area contributed by atoms with Gasteiger partial charge in [0.15, 0.2) is 0 Å². The molecule has 0 aromatic carbocycles. The summed E-state index contributed by atoms with van der Waals surface area (Å²) in [5.41, 5.74) is 0.904. The number of alkyl halides is 1. The summed E-state index contributed by atoms with van der Waals surface area (Å²) in [6.45, 7) is 1.93. The largest absolute Gasteiger partial charge is 0.358 e. The molecule has 1 aromatic rings. The second kappa shape index (κ2) is 3.26. The van der Waals surface area contributed by atoms with Crippen LogP contribution in [0.25, 0.3) is 0 Å². The van der Waals surface area contributed by atoms with E-state index in [0.717, 1.165) is 5.69 Å². The summed E-state index contributed by atoms with van der Waals surface area (Å²) >= 11 is 3.35. The highest BCUT2D eigenvalue weighted by atomic mass is 79.9. The molecule has 66 valence electrons. The molecule has 5 heteroatoms. The van der Waals surface area contributed by atoms with Gasteiger partial charge in [0, 0.05) is 6.07 Å². The normalized spacial score (nSPS) is 12.9. The van der Waals surface area contributed by atoms with Crippen molar-refractivity contribution in [2.75, 3.05) is 0 Å². The van der Waals surface area contributed by atoms with Gasteiger partial charge in [-0.15, -0.1) is 0 Å². The van der Waals surface area contributed by atoms with Gasteiger partial charge in [0.2, 0.25) is 0 Å². The maximum atomic E-state index is 10.4. The molecule has 12 heavy (non-hydrogen) atoms. The number of nitrogens with zero attached hydrogens (tertiary/aromatic N) is 2. The van der Waals surface area contributed by atoms with Gasteiger partial charge in [-0.25, -0.2) is 4.57 Å². The lowest BCUT2D eigenvalue weighted by Gasteiger charge is -2.00. The number of hydrogen-bond acceptors (Lipinski definition) is 2. The summed E-state index contributed by atoms with van der Waals surface area (Å²) in [7, 11) is 1.69. The Bertz CT molecular complexity index is 306. The molecular weight excluding hydrogens is 224 g/mol. The van der Waals surface area contributed by atoms with Crippen molar-refractivity contribution in [1.82, 2.24) is 4.57 Å². The molecule has 1 rings (SSSR count). The van der Waals surface area contributed by atoms with E-state index in [9.17, 15) is 10.1 Å². The van der Waals surface area contributed by atoms with Gasteiger partial charge in [-0.2, -0.15) is 0 Å². The number of halogens is 1. The van der Waals surface area contributed by atoms with E-state index in [0.29, 0.717) is 0 Å². The molecule has 0 aliphatic heterocycles. The minimum atomic E-state index is -0.390. The zero-order chi connectivity index (χ0) is 9.30. The molecule has 0 fully saturated rings. The lowest BCUT2D eigenvalue weighted by Crippen LogP contribution is -2.01. The molecule has 4 nitrogen and oxygen atoms in total. The van der Waals surface area contributed by atoms with Crippen molar-refractivity contribution in [1.29, 1.82) is 0 Å². The highest BCUT2D eigenvalue weighted by Gasteiger charge is 2.16. The van der Waals surface area contributed by atoms with E-state index in [1.54, 1.807) is 17.7 Å². The Balaban J connectivity index is 3.13. The predicted octanol–water partition coefficient (Wildman–Crippen LogP) is 2.39. The molecule has 1 aromatic heterocycles. The highest BCUT2D eigenvalue weighted by molar-refractivity contribution is 9.09. The van der Waals surface area contributed by atoms with Crippen molar-refractivity contribution >= 4 is 21.7 Å². The third-order valence-electron chi connectivity index (χ3n) is 1.73. The van der Waals surface area contributed by atoms with Crippen molar-refractivity contribution in [3.8, 4) is 0 Å². The van der Waals surface area contributed by atoms with E-state index < -0.39 is 4.92 Å². The molecule has 0 bridgehead atoms. The number of nitro groups is 1. The molecule has 0 saturated carbocycles. The fourth-order valence-corrected chi connectivity index (χ4v) is 1.56. The van der Waals surface area contributed by atoms with Gasteiger partial charge < -0.3 is 10.1 Å². The van der Waals surface area contributed by atoms with E-state index in [4.69, 9.17) is 0 Å². The van der Waals surface area contributed by atoms with E-state index in [-0.39, 0.29) is 10.6 Å². The number of hydrogen-bond donors (Lipinski definition) is 0. The Morgan fingerprint density at radius 1 is 1.67 bits per heavy atom. The number of aromatic nitrogens is 1. The second-order valence-electron chi connectivity index (χ2n) is 2.55. The van der Waals surface area contributed by atoms with Gasteiger partial charge in [0.1, 0.15) is 5.69 Å². The van der Waals surface area contributed by atoms with Crippen LogP contribution >= 0.6 is 15.9 Å². The maximum absolute atomic E-state index is 10.4. The molecule has 1 heterocycles. The minimum Gasteiger partial charge on any atom is -0.358 e. The average Bonchev–Trinajstić information content (AvgIpc) is 2.30. The lowest BCUT2D eigenvalue weighted by molar-refractivity contribution is -0.391. The molecule has 0 amide bonds. The summed E-state index contributed by atoms with van der Waals surface area (Å²) in [5.74, 6) is 0.122. The Labute approximate surface area is 78.5 Å². The average molecular weight is 233 g/mol. The van der Waals surface area contributed by atoms with Crippen molar-refractivity contribution in [2.45, 2.75) is 11.8 Å². The van der Waals surface area contributed by atoms with Crippen LogP contribution in [0.1, 0.15) is 17.4 Å². The van der Waals surface area contributed by atoms with Crippen molar-refractivity contribution < 1.29 is 4.92 Å². The highest BCUT2D eigenvalue weighted by Crippen LogP contribution is 2.25. The molecule has 0 N–H and O–H groups in total. The quantitative estimate of drug-likeness (QED) is 0.447. The summed E-state index contributed by atoms with van der Waals surface area (Å²) in [6, 6.07) is 3.25. The summed E-state index contributed by atoms with van der Waals surface area (Å²) in [5, 5.41) is 10.4. The standard InChI is InChI=1S/C7H9BrN2O2/c1-5(8)6-3-4-7(9(6)2)10(11)12/h3-5H,1-2H3. The van der Waals surface area contributed by atoms with Crippen LogP contribution in [-0.2, 0) is 7.05 Å². The molecule has 1 unspecified atom stereocenters. The Hall–Kier alpha value is -0.840. The van der Waals surface area contributed by atoms with E-state index in [2.05, 4.69) is 15.9 Å². The fraction of sp³-hybridized carbons (Fsp3) is 0.429. The molecule has 0 spiro atoms. The molecule has 0 saturated heterocycles. The summed E-state index contributed by atoms with van der Waals surface area (Å²) in [6.07, 6.45) is 0. The van der Waals surface area contributed by atoms with Gasteiger partial charge in [0.05, 0.1) is 11.9 Å². The molecule has 0 aliphatic rings. The first-order valence-corrected chi connectivity index (χ1v) is 4.39. The SMILES string of the molecule is CC(Br)c1ccc([N+](=O)[O-])n1C. The van der Waals surface area contributed by atoms with Gasteiger partial charge in [0.25, 0.3) is 0 Å². The van der Waals surface area contributed by atoms with E-state index in [1.807, 2.05) is 6.92 Å². The summed E-state index contributed by atoms with van der Waals surface area (Å²) < 4.78 is 1.57. The monoisotopic (exact) mass is 232 g/mol. The van der Waals surface area contributed by atoms with Crippen LogP contribution in [0.15, 0.2) is 12.1 Å². The van der Waals surface area contributed by atoms with Crippen LogP contribution in [0, 0.1) is 10.1 Å². The van der Waals surface area contributed by atoms with Gasteiger partial charge in [-0.1, -0.05) is 15.9 Å². The third kappa shape index (κ3) is 1.50. The van der Waals surface area contributed by atoms with Crippen LogP contribution in [0.5, 0.6) is 0 Å². The van der Waals surface area contributed by atoms with Gasteiger partial charge >= 0.3 is 5.82 Å². The smallest absolute Gasteiger partial charge is 0.323 e. The van der Waals surface area contributed by atoms with E-state index >= 15 is 0 Å². The van der Waals surface area contributed by atoms with Gasteiger partial charge in [-0.3, -0.25) is 0 Å². The third-order valence-corrected chi connectivity index (χ3v) is 2.20. The zero-order valence-corrected chi connectivity index (χ0v) is 8.41. The number of rotatable bonds is 2. The molecule has 0 aliphatic carbocycles. The first kappa shape index (κ1) is 9.25. The molecular formula is C7H9BrN2O2. The Kier molecular flexibility index (Phi) is 2.52. The van der Waals surface area contributed by atoms with Crippen molar-refractivity contribution in [2.24, 2.45) is 7.05 Å². The second-order valence-corrected chi connectivity index (χ2v) is 3.92. The molecule has 1 atom stereocenters. The van der Waals surface area contributed by atoms with Crippen LogP contribution in [0.4, 0.5) is 5.82 Å². The topological polar surface area (TPSA) is 48.1 Å². The van der Waals surface area contributed by atoms with Crippen molar-refractivity contribution in [3.05, 3.63) is 27.9 Å². The first-order chi connectivity index (χ1) is 5.54. The van der Waals surface area contributed by atoms with E-state index in [1.165, 1.54) is 6.07 Å². The Morgan fingerprint density at radius 3 is 2.50 bits per heavy atom. The van der Waals surface area contributed by atoms with Crippen molar-refractivity contribution in [3.63, 3.8) is 0 Å². The molecule has 0 radical (unpaired) electrons. The predicted molar refractivity (Wildman–Crippen MR) is 49.4 cm³/mol.